The van der Waals surface area contributed by atoms with E-state index < -0.39 is 5.97 Å². The Labute approximate surface area is 104 Å². The monoisotopic (exact) mass is 243 g/mol. The quantitative estimate of drug-likeness (QED) is 0.741. The summed E-state index contributed by atoms with van der Waals surface area (Å²) < 4.78 is 5.14. The van der Waals surface area contributed by atoms with E-state index in [0.29, 0.717) is 18.3 Å². The maximum Gasteiger partial charge on any atom is 0.303 e. The number of hydrogen-bond acceptors (Lipinski definition) is 3. The minimum absolute atomic E-state index is 0.324. The summed E-state index contributed by atoms with van der Waals surface area (Å²) in [6, 6.07) is 0. The van der Waals surface area contributed by atoms with Gasteiger partial charge in [-0.2, -0.15) is 0 Å². The van der Waals surface area contributed by atoms with E-state index in [9.17, 15) is 4.79 Å². The third-order valence-corrected chi connectivity index (χ3v) is 3.49. The van der Waals surface area contributed by atoms with Crippen molar-refractivity contribution < 1.29 is 14.6 Å². The molecule has 1 heterocycles. The smallest absolute Gasteiger partial charge is 0.303 e. The van der Waals surface area contributed by atoms with E-state index in [4.69, 9.17) is 9.84 Å². The van der Waals surface area contributed by atoms with E-state index in [0.717, 1.165) is 45.5 Å². The van der Waals surface area contributed by atoms with Crippen LogP contribution in [0.5, 0.6) is 0 Å². The second-order valence-corrected chi connectivity index (χ2v) is 5.24. The van der Waals surface area contributed by atoms with Crippen LogP contribution in [0.15, 0.2) is 0 Å². The molecule has 1 aliphatic heterocycles. The highest BCUT2D eigenvalue weighted by molar-refractivity contribution is 5.66. The molecule has 1 unspecified atom stereocenters. The Balaban J connectivity index is 2.14. The van der Waals surface area contributed by atoms with Crippen LogP contribution in [-0.4, -0.2) is 49.3 Å². The fourth-order valence-electron chi connectivity index (χ4n) is 2.56. The maximum atomic E-state index is 10.5. The number of carboxylic acid groups (broad SMARTS) is 1. The zero-order chi connectivity index (χ0) is 12.7. The number of likely N-dealkylation sites (tertiary alicyclic amines) is 1. The lowest BCUT2D eigenvalue weighted by Crippen LogP contribution is -2.37. The molecule has 1 rings (SSSR count). The van der Waals surface area contributed by atoms with E-state index in [1.54, 1.807) is 7.11 Å². The van der Waals surface area contributed by atoms with Gasteiger partial charge in [0.05, 0.1) is 0 Å². The molecule has 1 aliphatic rings. The fourth-order valence-corrected chi connectivity index (χ4v) is 2.56. The molecule has 0 aromatic heterocycles. The van der Waals surface area contributed by atoms with Gasteiger partial charge in [0.25, 0.3) is 0 Å². The first-order valence-electron chi connectivity index (χ1n) is 6.55. The summed E-state index contributed by atoms with van der Waals surface area (Å²) in [5, 5.41) is 8.65. The summed E-state index contributed by atoms with van der Waals surface area (Å²) in [4.78, 5) is 13.0. The summed E-state index contributed by atoms with van der Waals surface area (Å²) in [5.74, 6) is 0.525. The molecule has 0 spiro atoms. The molecule has 1 fully saturated rings. The van der Waals surface area contributed by atoms with Crippen LogP contribution in [0, 0.1) is 11.8 Å². The van der Waals surface area contributed by atoms with Crippen molar-refractivity contribution in [1.29, 1.82) is 0 Å². The first kappa shape index (κ1) is 14.5. The van der Waals surface area contributed by atoms with Crippen LogP contribution in [0.4, 0.5) is 0 Å². The second-order valence-electron chi connectivity index (χ2n) is 5.24. The third kappa shape index (κ3) is 6.03. The van der Waals surface area contributed by atoms with E-state index in [1.165, 1.54) is 0 Å². The molecule has 0 radical (unpaired) electrons. The van der Waals surface area contributed by atoms with Gasteiger partial charge in [-0.25, -0.2) is 0 Å². The Bertz CT molecular complexity index is 225. The largest absolute Gasteiger partial charge is 0.481 e. The number of nitrogens with zero attached hydrogens (tertiary/aromatic N) is 1. The molecule has 0 aliphatic carbocycles. The van der Waals surface area contributed by atoms with Crippen LogP contribution >= 0.6 is 0 Å². The van der Waals surface area contributed by atoms with Gasteiger partial charge in [-0.05, 0) is 44.2 Å². The SMILES string of the molecule is COCC(C)CN1CCC(CCC(=O)O)CC1. The molecule has 0 saturated carbocycles. The summed E-state index contributed by atoms with van der Waals surface area (Å²) in [6.07, 6.45) is 3.46. The Morgan fingerprint density at radius 3 is 2.65 bits per heavy atom. The first-order valence-corrected chi connectivity index (χ1v) is 6.55. The fraction of sp³-hybridized carbons (Fsp3) is 0.923. The number of rotatable bonds is 7. The van der Waals surface area contributed by atoms with Crippen molar-refractivity contribution in [2.24, 2.45) is 11.8 Å². The van der Waals surface area contributed by atoms with Crippen molar-refractivity contribution in [2.75, 3.05) is 33.4 Å². The predicted molar refractivity (Wildman–Crippen MR) is 67.1 cm³/mol. The van der Waals surface area contributed by atoms with E-state index >= 15 is 0 Å². The van der Waals surface area contributed by atoms with Crippen molar-refractivity contribution in [3.05, 3.63) is 0 Å². The Kier molecular flexibility index (Phi) is 6.52. The van der Waals surface area contributed by atoms with Gasteiger partial charge in [0.2, 0.25) is 0 Å². The lowest BCUT2D eigenvalue weighted by Gasteiger charge is -2.33. The molecule has 0 bridgehead atoms. The number of ether oxygens (including phenoxy) is 1. The van der Waals surface area contributed by atoms with Gasteiger partial charge in [-0.1, -0.05) is 6.92 Å². The van der Waals surface area contributed by atoms with Gasteiger partial charge in [0.1, 0.15) is 0 Å². The van der Waals surface area contributed by atoms with Crippen LogP contribution in [0.1, 0.15) is 32.6 Å². The molecule has 1 saturated heterocycles. The lowest BCUT2D eigenvalue weighted by atomic mass is 9.92. The number of hydrogen-bond donors (Lipinski definition) is 1. The lowest BCUT2D eigenvalue weighted by molar-refractivity contribution is -0.137. The average Bonchev–Trinajstić information content (AvgIpc) is 2.28. The van der Waals surface area contributed by atoms with Gasteiger partial charge in [0, 0.05) is 26.7 Å². The normalized spacial score (nSPS) is 20.4. The molecule has 1 atom stereocenters. The molecule has 4 heteroatoms. The van der Waals surface area contributed by atoms with Crippen LogP contribution in [0.25, 0.3) is 0 Å². The molecule has 4 nitrogen and oxygen atoms in total. The Morgan fingerprint density at radius 1 is 1.47 bits per heavy atom. The van der Waals surface area contributed by atoms with Crippen LogP contribution in [0.3, 0.4) is 0 Å². The van der Waals surface area contributed by atoms with E-state index in [1.807, 2.05) is 0 Å². The molecule has 0 amide bonds. The van der Waals surface area contributed by atoms with Crippen molar-refractivity contribution in [3.63, 3.8) is 0 Å². The predicted octanol–water partition coefficient (Wildman–Crippen LogP) is 1.85. The number of carbonyl (C=O) groups is 1. The van der Waals surface area contributed by atoms with Gasteiger partial charge in [-0.3, -0.25) is 4.79 Å². The topological polar surface area (TPSA) is 49.8 Å². The van der Waals surface area contributed by atoms with Crippen LogP contribution < -0.4 is 0 Å². The maximum absolute atomic E-state index is 10.5. The number of carboxylic acids is 1. The molecular weight excluding hydrogens is 218 g/mol. The minimum atomic E-state index is -0.666. The van der Waals surface area contributed by atoms with Crippen LogP contribution in [0.2, 0.25) is 0 Å². The Hall–Kier alpha value is -0.610. The van der Waals surface area contributed by atoms with Gasteiger partial charge < -0.3 is 14.7 Å². The standard InChI is InChI=1S/C13H25NO3/c1-11(10-17-2)9-14-7-5-12(6-8-14)3-4-13(15)16/h11-12H,3-10H2,1-2H3,(H,15,16). The molecule has 0 aromatic rings. The number of piperidine rings is 1. The Morgan fingerprint density at radius 2 is 2.12 bits per heavy atom. The average molecular weight is 243 g/mol. The zero-order valence-corrected chi connectivity index (χ0v) is 11.0. The minimum Gasteiger partial charge on any atom is -0.481 e. The summed E-state index contributed by atoms with van der Waals surface area (Å²) in [5.41, 5.74) is 0. The van der Waals surface area contributed by atoms with Crippen LogP contribution in [-0.2, 0) is 9.53 Å². The molecule has 1 N–H and O–H groups in total. The number of aliphatic carboxylic acids is 1. The molecule has 17 heavy (non-hydrogen) atoms. The zero-order valence-electron chi connectivity index (χ0n) is 11.0. The molecule has 0 aromatic carbocycles. The van der Waals surface area contributed by atoms with E-state index in [2.05, 4.69) is 11.8 Å². The second kappa shape index (κ2) is 7.67. The van der Waals surface area contributed by atoms with Gasteiger partial charge in [-0.15, -0.1) is 0 Å². The van der Waals surface area contributed by atoms with Gasteiger partial charge in [0.15, 0.2) is 0 Å². The van der Waals surface area contributed by atoms with E-state index in [-0.39, 0.29) is 0 Å². The van der Waals surface area contributed by atoms with Crippen molar-refractivity contribution >= 4 is 5.97 Å². The van der Waals surface area contributed by atoms with Crippen molar-refractivity contribution in [1.82, 2.24) is 4.90 Å². The molecule has 100 valence electrons. The highest BCUT2D eigenvalue weighted by Gasteiger charge is 2.20. The summed E-state index contributed by atoms with van der Waals surface area (Å²) in [7, 11) is 1.74. The van der Waals surface area contributed by atoms with Gasteiger partial charge >= 0.3 is 5.97 Å². The summed E-state index contributed by atoms with van der Waals surface area (Å²) in [6.45, 7) is 6.34. The third-order valence-electron chi connectivity index (χ3n) is 3.49. The highest BCUT2D eigenvalue weighted by Crippen LogP contribution is 2.22. The first-order chi connectivity index (χ1) is 8.11. The molecular formula is C13H25NO3. The number of methoxy groups -OCH3 is 1. The van der Waals surface area contributed by atoms with Crippen molar-refractivity contribution in [3.8, 4) is 0 Å². The highest BCUT2D eigenvalue weighted by atomic mass is 16.5. The summed E-state index contributed by atoms with van der Waals surface area (Å²) >= 11 is 0. The van der Waals surface area contributed by atoms with Crippen molar-refractivity contribution in [2.45, 2.75) is 32.6 Å².